The zero-order valence-corrected chi connectivity index (χ0v) is 6.68. The Morgan fingerprint density at radius 1 is 1.45 bits per heavy atom. The lowest BCUT2D eigenvalue weighted by Gasteiger charge is -2.01. The van der Waals surface area contributed by atoms with Crippen LogP contribution >= 0.6 is 0 Å². The van der Waals surface area contributed by atoms with Crippen molar-refractivity contribution >= 4 is 11.7 Å². The standard InChI is InChI=1S/C7H12N2O2/c1-5(3-6(2)10)9-4-7(8)11/h3,9H,4H2,1-2H3,(H2,8,11)/b5-3-. The van der Waals surface area contributed by atoms with Gasteiger partial charge in [0.15, 0.2) is 5.78 Å². The van der Waals surface area contributed by atoms with E-state index in [-0.39, 0.29) is 12.3 Å². The van der Waals surface area contributed by atoms with Gasteiger partial charge in [-0.1, -0.05) is 0 Å². The van der Waals surface area contributed by atoms with Crippen molar-refractivity contribution < 1.29 is 9.59 Å². The number of hydrogen-bond acceptors (Lipinski definition) is 3. The first-order valence-corrected chi connectivity index (χ1v) is 3.23. The van der Waals surface area contributed by atoms with E-state index in [2.05, 4.69) is 5.32 Å². The van der Waals surface area contributed by atoms with Crippen LogP contribution in [0.5, 0.6) is 0 Å². The van der Waals surface area contributed by atoms with Crippen molar-refractivity contribution in [2.24, 2.45) is 5.73 Å². The Labute approximate surface area is 65.5 Å². The minimum absolute atomic E-state index is 0.0560. The average Bonchev–Trinajstić information content (AvgIpc) is 1.82. The Morgan fingerprint density at radius 3 is 2.36 bits per heavy atom. The summed E-state index contributed by atoms with van der Waals surface area (Å²) in [5.74, 6) is -0.499. The monoisotopic (exact) mass is 156 g/mol. The van der Waals surface area contributed by atoms with E-state index in [9.17, 15) is 9.59 Å². The number of carbonyl (C=O) groups excluding carboxylic acids is 2. The van der Waals surface area contributed by atoms with Crippen molar-refractivity contribution in [1.82, 2.24) is 5.32 Å². The van der Waals surface area contributed by atoms with E-state index in [1.807, 2.05) is 0 Å². The fourth-order valence-corrected chi connectivity index (χ4v) is 0.582. The highest BCUT2D eigenvalue weighted by Gasteiger charge is 1.93. The summed E-state index contributed by atoms with van der Waals surface area (Å²) in [5, 5.41) is 2.68. The first kappa shape index (κ1) is 9.68. The topological polar surface area (TPSA) is 72.2 Å². The predicted molar refractivity (Wildman–Crippen MR) is 41.6 cm³/mol. The lowest BCUT2D eigenvalue weighted by Crippen LogP contribution is -2.27. The van der Waals surface area contributed by atoms with Crippen LogP contribution in [0.1, 0.15) is 13.8 Å². The Morgan fingerprint density at radius 2 is 2.00 bits per heavy atom. The van der Waals surface area contributed by atoms with E-state index >= 15 is 0 Å². The highest BCUT2D eigenvalue weighted by molar-refractivity contribution is 5.87. The molecule has 0 aliphatic carbocycles. The molecule has 0 fully saturated rings. The number of nitrogens with one attached hydrogen (secondary N) is 1. The Bertz CT molecular complexity index is 197. The normalized spacial score (nSPS) is 10.9. The first-order valence-electron chi connectivity index (χ1n) is 3.23. The van der Waals surface area contributed by atoms with E-state index in [4.69, 9.17) is 5.73 Å². The first-order chi connectivity index (χ1) is 5.02. The van der Waals surface area contributed by atoms with Crippen LogP contribution in [0.25, 0.3) is 0 Å². The molecule has 0 aromatic rings. The third-order valence-corrected chi connectivity index (χ3v) is 0.961. The lowest BCUT2D eigenvalue weighted by atomic mass is 10.3. The second-order valence-corrected chi connectivity index (χ2v) is 2.26. The predicted octanol–water partition coefficient (Wildman–Crippen LogP) is -0.446. The maximum atomic E-state index is 10.5. The van der Waals surface area contributed by atoms with E-state index in [1.165, 1.54) is 13.0 Å². The summed E-state index contributed by atoms with van der Waals surface area (Å²) in [6.45, 7) is 3.20. The Balaban J connectivity index is 3.77. The maximum absolute atomic E-state index is 10.5. The molecule has 0 atom stereocenters. The molecule has 4 nitrogen and oxygen atoms in total. The Kier molecular flexibility index (Phi) is 3.95. The molecule has 0 rings (SSSR count). The van der Waals surface area contributed by atoms with Gasteiger partial charge >= 0.3 is 0 Å². The number of hydrogen-bond donors (Lipinski definition) is 2. The molecule has 0 aromatic heterocycles. The molecule has 4 heteroatoms. The second kappa shape index (κ2) is 4.49. The smallest absolute Gasteiger partial charge is 0.236 e. The fourth-order valence-electron chi connectivity index (χ4n) is 0.582. The van der Waals surface area contributed by atoms with E-state index < -0.39 is 5.91 Å². The van der Waals surface area contributed by atoms with Gasteiger partial charge in [0, 0.05) is 5.70 Å². The summed E-state index contributed by atoms with van der Waals surface area (Å²) in [7, 11) is 0. The number of ketones is 1. The molecular weight excluding hydrogens is 144 g/mol. The molecule has 0 bridgehead atoms. The number of amides is 1. The quantitative estimate of drug-likeness (QED) is 0.542. The van der Waals surface area contributed by atoms with Gasteiger partial charge in [0.05, 0.1) is 6.54 Å². The molecule has 0 heterocycles. The molecule has 0 aromatic carbocycles. The summed E-state index contributed by atoms with van der Waals surface area (Å²) in [5.41, 5.74) is 5.51. The molecule has 0 unspecified atom stereocenters. The van der Waals surface area contributed by atoms with Crippen LogP contribution in [0.2, 0.25) is 0 Å². The average molecular weight is 156 g/mol. The molecule has 0 radical (unpaired) electrons. The van der Waals surface area contributed by atoms with Gasteiger partial charge in [-0.2, -0.15) is 0 Å². The number of nitrogens with two attached hydrogens (primary N) is 1. The van der Waals surface area contributed by atoms with Crippen LogP contribution in [0.4, 0.5) is 0 Å². The molecule has 3 N–H and O–H groups in total. The fraction of sp³-hybridized carbons (Fsp3) is 0.429. The van der Waals surface area contributed by atoms with Crippen molar-refractivity contribution in [3.8, 4) is 0 Å². The van der Waals surface area contributed by atoms with Gasteiger partial charge in [0.25, 0.3) is 0 Å². The van der Waals surface area contributed by atoms with Gasteiger partial charge in [0.1, 0.15) is 0 Å². The van der Waals surface area contributed by atoms with Gasteiger partial charge in [-0.3, -0.25) is 9.59 Å². The zero-order valence-electron chi connectivity index (χ0n) is 6.68. The summed E-state index contributed by atoms with van der Waals surface area (Å²) >= 11 is 0. The molecule has 1 amide bonds. The largest absolute Gasteiger partial charge is 0.380 e. The molecule has 0 aliphatic rings. The number of rotatable bonds is 4. The Hall–Kier alpha value is -1.32. The summed E-state index contributed by atoms with van der Waals surface area (Å²) in [4.78, 5) is 20.7. The number of carbonyl (C=O) groups is 2. The second-order valence-electron chi connectivity index (χ2n) is 2.26. The van der Waals surface area contributed by atoms with Crippen LogP contribution in [0.15, 0.2) is 11.8 Å². The third kappa shape index (κ3) is 6.57. The van der Waals surface area contributed by atoms with Crippen LogP contribution in [0, 0.1) is 0 Å². The van der Waals surface area contributed by atoms with Crippen molar-refractivity contribution in [3.05, 3.63) is 11.8 Å². The summed E-state index contributed by atoms with van der Waals surface area (Å²) in [6, 6.07) is 0. The molecule has 62 valence electrons. The molecular formula is C7H12N2O2. The van der Waals surface area contributed by atoms with Gasteiger partial charge in [0.2, 0.25) is 5.91 Å². The third-order valence-electron chi connectivity index (χ3n) is 0.961. The van der Waals surface area contributed by atoms with Crippen LogP contribution in [-0.2, 0) is 9.59 Å². The molecule has 0 spiro atoms. The minimum atomic E-state index is -0.443. The van der Waals surface area contributed by atoms with E-state index in [1.54, 1.807) is 6.92 Å². The molecule has 11 heavy (non-hydrogen) atoms. The van der Waals surface area contributed by atoms with Gasteiger partial charge in [-0.05, 0) is 19.9 Å². The van der Waals surface area contributed by atoms with Crippen LogP contribution < -0.4 is 11.1 Å². The number of allylic oxidation sites excluding steroid dienone is 2. The summed E-state index contributed by atoms with van der Waals surface area (Å²) < 4.78 is 0. The minimum Gasteiger partial charge on any atom is -0.380 e. The zero-order chi connectivity index (χ0) is 8.85. The molecule has 0 saturated heterocycles. The molecule has 0 aliphatic heterocycles. The van der Waals surface area contributed by atoms with Crippen molar-refractivity contribution in [3.63, 3.8) is 0 Å². The van der Waals surface area contributed by atoms with E-state index in [0.717, 1.165) is 0 Å². The van der Waals surface area contributed by atoms with E-state index in [0.29, 0.717) is 5.70 Å². The SMILES string of the molecule is CC(=O)/C=C(/C)NCC(N)=O. The van der Waals surface area contributed by atoms with Crippen molar-refractivity contribution in [1.29, 1.82) is 0 Å². The van der Waals surface area contributed by atoms with Gasteiger partial charge in [-0.25, -0.2) is 0 Å². The highest BCUT2D eigenvalue weighted by Crippen LogP contribution is 1.85. The highest BCUT2D eigenvalue weighted by atomic mass is 16.1. The summed E-state index contributed by atoms with van der Waals surface area (Å²) in [6.07, 6.45) is 1.41. The van der Waals surface area contributed by atoms with Gasteiger partial charge < -0.3 is 11.1 Å². The lowest BCUT2D eigenvalue weighted by molar-refractivity contribution is -0.117. The van der Waals surface area contributed by atoms with Gasteiger partial charge in [-0.15, -0.1) is 0 Å². The van der Waals surface area contributed by atoms with Crippen LogP contribution in [0.3, 0.4) is 0 Å². The maximum Gasteiger partial charge on any atom is 0.236 e. The molecule has 0 saturated carbocycles. The van der Waals surface area contributed by atoms with Crippen LogP contribution in [-0.4, -0.2) is 18.2 Å². The number of primary amides is 1. The van der Waals surface area contributed by atoms with Crippen molar-refractivity contribution in [2.45, 2.75) is 13.8 Å². The van der Waals surface area contributed by atoms with Crippen molar-refractivity contribution in [2.75, 3.05) is 6.54 Å².